The van der Waals surface area contributed by atoms with Gasteiger partial charge in [-0.25, -0.2) is 0 Å². The Bertz CT molecular complexity index is 147. The molecule has 1 saturated heterocycles. The molecule has 3 atom stereocenters. The third kappa shape index (κ3) is 3.69. The second kappa shape index (κ2) is 5.48. The van der Waals surface area contributed by atoms with Gasteiger partial charge in [0.1, 0.15) is 0 Å². The van der Waals surface area contributed by atoms with Crippen LogP contribution in [-0.4, -0.2) is 42.8 Å². The molecule has 1 heterocycles. The molecule has 3 nitrogen and oxygen atoms in total. The molecular weight excluding hydrogens is 279 g/mol. The van der Waals surface area contributed by atoms with Crippen molar-refractivity contribution in [1.82, 2.24) is 8.43 Å². The summed E-state index contributed by atoms with van der Waals surface area (Å²) in [5.41, 5.74) is 0. The quantitative estimate of drug-likeness (QED) is 0.630. The zero-order chi connectivity index (χ0) is 9.84. The van der Waals surface area contributed by atoms with Crippen molar-refractivity contribution in [3.05, 3.63) is 0 Å². The first kappa shape index (κ1) is 11.7. The summed E-state index contributed by atoms with van der Waals surface area (Å²) in [7, 11) is 0. The van der Waals surface area contributed by atoms with Gasteiger partial charge < -0.3 is 4.74 Å². The number of morpholine rings is 1. The van der Waals surface area contributed by atoms with E-state index >= 15 is 0 Å². The molecule has 78 valence electrons. The number of hydrogen-bond donors (Lipinski definition) is 1. The van der Waals surface area contributed by atoms with E-state index < -0.39 is 0 Å². The minimum absolute atomic E-state index is 0.375. The zero-order valence-electron chi connectivity index (χ0n) is 8.59. The first-order valence-electron chi connectivity index (χ1n) is 4.86. The SMILES string of the molecule is CC1CN(C(C)CNI)CC(C)O1. The van der Waals surface area contributed by atoms with Crippen molar-refractivity contribution in [1.29, 1.82) is 0 Å². The van der Waals surface area contributed by atoms with Crippen LogP contribution in [0, 0.1) is 0 Å². The molecule has 0 aromatic rings. The van der Waals surface area contributed by atoms with Gasteiger partial charge in [0.2, 0.25) is 0 Å². The summed E-state index contributed by atoms with van der Waals surface area (Å²) in [4.78, 5) is 2.49. The Morgan fingerprint density at radius 3 is 2.46 bits per heavy atom. The smallest absolute Gasteiger partial charge is 0.0678 e. The summed E-state index contributed by atoms with van der Waals surface area (Å²) in [6, 6.07) is 0.602. The third-order valence-corrected chi connectivity index (χ3v) is 2.88. The summed E-state index contributed by atoms with van der Waals surface area (Å²) in [6.07, 6.45) is 0.751. The van der Waals surface area contributed by atoms with E-state index in [0.717, 1.165) is 19.6 Å². The molecule has 1 fully saturated rings. The lowest BCUT2D eigenvalue weighted by Gasteiger charge is -2.38. The number of nitrogens with one attached hydrogen (secondary N) is 1. The van der Waals surface area contributed by atoms with E-state index in [-0.39, 0.29) is 0 Å². The highest BCUT2D eigenvalue weighted by Crippen LogP contribution is 2.13. The molecule has 3 unspecified atom stereocenters. The van der Waals surface area contributed by atoms with Gasteiger partial charge in [-0.1, -0.05) is 0 Å². The normalized spacial score (nSPS) is 33.2. The van der Waals surface area contributed by atoms with Gasteiger partial charge in [0.25, 0.3) is 0 Å². The molecular formula is C9H19IN2O. The highest BCUT2D eigenvalue weighted by molar-refractivity contribution is 14.1. The molecule has 1 aliphatic heterocycles. The van der Waals surface area contributed by atoms with Crippen LogP contribution in [0.25, 0.3) is 0 Å². The average molecular weight is 298 g/mol. The van der Waals surface area contributed by atoms with Crippen LogP contribution in [0.2, 0.25) is 0 Å². The average Bonchev–Trinajstić information content (AvgIpc) is 2.03. The molecule has 0 bridgehead atoms. The van der Waals surface area contributed by atoms with Gasteiger partial charge in [0.15, 0.2) is 0 Å². The largest absolute Gasteiger partial charge is 0.373 e. The first-order valence-corrected chi connectivity index (χ1v) is 5.94. The summed E-state index contributed by atoms with van der Waals surface area (Å²) in [5, 5.41) is 0. The molecule has 1 aliphatic rings. The summed E-state index contributed by atoms with van der Waals surface area (Å²) >= 11 is 2.20. The number of halogens is 1. The molecule has 1 N–H and O–H groups in total. The predicted octanol–water partition coefficient (Wildman–Crippen LogP) is 1.42. The molecule has 0 aliphatic carbocycles. The Morgan fingerprint density at radius 2 is 2.00 bits per heavy atom. The zero-order valence-corrected chi connectivity index (χ0v) is 10.7. The lowest BCUT2D eigenvalue weighted by molar-refractivity contribution is -0.0775. The fourth-order valence-electron chi connectivity index (χ4n) is 1.82. The Kier molecular flexibility index (Phi) is 4.93. The van der Waals surface area contributed by atoms with Crippen molar-refractivity contribution < 1.29 is 4.74 Å². The fourth-order valence-corrected chi connectivity index (χ4v) is 2.46. The van der Waals surface area contributed by atoms with Crippen LogP contribution in [0.15, 0.2) is 0 Å². The van der Waals surface area contributed by atoms with E-state index in [2.05, 4.69) is 52.1 Å². The van der Waals surface area contributed by atoms with Crippen LogP contribution in [0.5, 0.6) is 0 Å². The topological polar surface area (TPSA) is 24.5 Å². The van der Waals surface area contributed by atoms with Crippen LogP contribution >= 0.6 is 22.9 Å². The van der Waals surface area contributed by atoms with Crippen molar-refractivity contribution in [2.45, 2.75) is 39.0 Å². The van der Waals surface area contributed by atoms with Crippen molar-refractivity contribution in [3.8, 4) is 0 Å². The van der Waals surface area contributed by atoms with E-state index in [1.54, 1.807) is 0 Å². The summed E-state index contributed by atoms with van der Waals surface area (Å²) in [5.74, 6) is 0. The first-order chi connectivity index (χ1) is 6.13. The lowest BCUT2D eigenvalue weighted by Crippen LogP contribution is -2.51. The third-order valence-electron chi connectivity index (χ3n) is 2.44. The molecule has 1 rings (SSSR count). The number of rotatable bonds is 3. The monoisotopic (exact) mass is 298 g/mol. The molecule has 0 saturated carbocycles. The second-order valence-corrected chi connectivity index (χ2v) is 4.66. The Morgan fingerprint density at radius 1 is 1.46 bits per heavy atom. The lowest BCUT2D eigenvalue weighted by atomic mass is 10.2. The molecule has 0 radical (unpaired) electrons. The summed E-state index contributed by atoms with van der Waals surface area (Å²) in [6.45, 7) is 9.71. The van der Waals surface area contributed by atoms with Crippen LogP contribution < -0.4 is 3.53 Å². The maximum absolute atomic E-state index is 5.68. The summed E-state index contributed by atoms with van der Waals surface area (Å²) < 4.78 is 8.86. The Balaban J connectivity index is 2.40. The Labute approximate surface area is 94.7 Å². The van der Waals surface area contributed by atoms with Gasteiger partial charge in [0, 0.05) is 48.5 Å². The highest BCUT2D eigenvalue weighted by Gasteiger charge is 2.25. The highest BCUT2D eigenvalue weighted by atomic mass is 127. The van der Waals surface area contributed by atoms with Crippen LogP contribution in [0.1, 0.15) is 20.8 Å². The van der Waals surface area contributed by atoms with Crippen LogP contribution in [0.3, 0.4) is 0 Å². The van der Waals surface area contributed by atoms with Gasteiger partial charge in [-0.15, -0.1) is 0 Å². The van der Waals surface area contributed by atoms with E-state index in [9.17, 15) is 0 Å². The second-order valence-electron chi connectivity index (χ2n) is 3.90. The van der Waals surface area contributed by atoms with Crippen LogP contribution in [0.4, 0.5) is 0 Å². The van der Waals surface area contributed by atoms with E-state index in [1.165, 1.54) is 0 Å². The minimum atomic E-state index is 0.375. The van der Waals surface area contributed by atoms with Gasteiger partial charge >= 0.3 is 0 Å². The number of nitrogens with zero attached hydrogens (tertiary/aromatic N) is 1. The van der Waals surface area contributed by atoms with Crippen molar-refractivity contribution in [2.24, 2.45) is 0 Å². The fraction of sp³-hybridized carbons (Fsp3) is 1.00. The molecule has 13 heavy (non-hydrogen) atoms. The molecule has 0 spiro atoms. The van der Waals surface area contributed by atoms with E-state index in [4.69, 9.17) is 4.74 Å². The maximum Gasteiger partial charge on any atom is 0.0678 e. The minimum Gasteiger partial charge on any atom is -0.373 e. The Hall–Kier alpha value is 0.610. The van der Waals surface area contributed by atoms with Crippen molar-refractivity contribution >= 4 is 22.9 Å². The van der Waals surface area contributed by atoms with Gasteiger partial charge in [-0.2, -0.15) is 0 Å². The maximum atomic E-state index is 5.68. The van der Waals surface area contributed by atoms with Gasteiger partial charge in [-0.3, -0.25) is 8.43 Å². The van der Waals surface area contributed by atoms with Crippen molar-refractivity contribution in [2.75, 3.05) is 19.6 Å². The van der Waals surface area contributed by atoms with Gasteiger partial charge in [0.05, 0.1) is 12.2 Å². The van der Waals surface area contributed by atoms with Gasteiger partial charge in [-0.05, 0) is 20.8 Å². The van der Waals surface area contributed by atoms with E-state index in [1.807, 2.05) is 0 Å². The van der Waals surface area contributed by atoms with E-state index in [0.29, 0.717) is 18.2 Å². The number of ether oxygens (including phenoxy) is 1. The molecule has 0 aromatic carbocycles. The molecule has 0 aromatic heterocycles. The molecule has 0 amide bonds. The van der Waals surface area contributed by atoms with Crippen LogP contribution in [-0.2, 0) is 4.74 Å². The predicted molar refractivity (Wildman–Crippen MR) is 63.1 cm³/mol. The standard InChI is InChI=1S/C9H19IN2O/c1-7(4-11-10)12-5-8(2)13-9(3)6-12/h7-9,11H,4-6H2,1-3H3. The molecule has 4 heteroatoms. The number of hydrogen-bond acceptors (Lipinski definition) is 3. The van der Waals surface area contributed by atoms with Crippen molar-refractivity contribution in [3.63, 3.8) is 0 Å².